The Balaban J connectivity index is 1.57. The standard InChI is InChI=1S/C25H54N3O25P7/c1-22-19-24(29)25(48-22)21-47-56(34,35)50-58(38,39)52-60(42,43)53-59(40,41)51-57(36,37)49-55(32,33)46-17-13-10-8-6-4-3-5-7-9-12-16-28-20-23(26-27-28)15-11-14-18-45-54(30,31)44-2/h20,22,24-25,29H,3-19,21H2,1-2H3,(H,30,31)(H,32,33)(H,34,35)(H,36,37)(H,38,39)(H,40,41)(H,42,43)/p-6. The van der Waals surface area contributed by atoms with Gasteiger partial charge in [0.2, 0.25) is 0 Å². The Labute approximate surface area is 345 Å². The smallest absolute Gasteiger partial charge is 0.471 e. The van der Waals surface area contributed by atoms with Gasteiger partial charge >= 0.3 is 7.82 Å². The van der Waals surface area contributed by atoms with Crippen LogP contribution >= 0.6 is 54.8 Å². The van der Waals surface area contributed by atoms with Crippen LogP contribution in [-0.2, 0) is 89.3 Å². The quantitative estimate of drug-likeness (QED) is 0.0733. The molecule has 2 heterocycles. The number of hydrogen-bond acceptors (Lipinski definition) is 26. The van der Waals surface area contributed by atoms with Gasteiger partial charge in [-0.3, -0.25) is 41.1 Å². The Morgan fingerprint density at radius 3 is 1.58 bits per heavy atom. The van der Waals surface area contributed by atoms with Gasteiger partial charge in [-0.1, -0.05) is 56.6 Å². The molecule has 1 aliphatic heterocycles. The average Bonchev–Trinajstić information content (AvgIpc) is 3.66. The first kappa shape index (κ1) is 56.2. The molecule has 0 radical (unpaired) electrons. The largest absolute Gasteiger partial charge is 0.756 e. The monoisotopic (exact) mass is 1010 g/mol. The minimum Gasteiger partial charge on any atom is -0.756 e. The Morgan fingerprint density at radius 2 is 1.10 bits per heavy atom. The van der Waals surface area contributed by atoms with Crippen molar-refractivity contribution in [1.82, 2.24) is 15.0 Å². The van der Waals surface area contributed by atoms with Gasteiger partial charge in [-0.05, 0) is 39.0 Å². The highest BCUT2D eigenvalue weighted by atomic mass is 31.3. The number of phosphoric ester groups is 3. The van der Waals surface area contributed by atoms with Crippen molar-refractivity contribution in [3.8, 4) is 0 Å². The minimum atomic E-state index is -6.82. The molecule has 0 spiro atoms. The summed E-state index contributed by atoms with van der Waals surface area (Å²) in [5.41, 5.74) is 0.809. The van der Waals surface area contributed by atoms with Crippen LogP contribution in [0.4, 0.5) is 0 Å². The van der Waals surface area contributed by atoms with Gasteiger partial charge < -0.3 is 53.1 Å². The summed E-state index contributed by atoms with van der Waals surface area (Å²) in [4.78, 5) is 80.2. The molecular weight excluding hydrogens is 959 g/mol. The number of aryl methyl sites for hydroxylation is 2. The summed E-state index contributed by atoms with van der Waals surface area (Å²) in [6, 6.07) is 0. The summed E-state index contributed by atoms with van der Waals surface area (Å²) >= 11 is 0. The molecule has 1 aromatic rings. The number of phosphoric acid groups is 7. The van der Waals surface area contributed by atoms with Crippen molar-refractivity contribution >= 4 is 54.8 Å². The Morgan fingerprint density at radius 1 is 0.667 bits per heavy atom. The fourth-order valence-electron chi connectivity index (χ4n) is 5.14. The highest BCUT2D eigenvalue weighted by Gasteiger charge is 2.35. The zero-order valence-electron chi connectivity index (χ0n) is 32.3. The maximum Gasteiger partial charge on any atom is 0.471 e. The normalized spacial score (nSPS) is 24.3. The summed E-state index contributed by atoms with van der Waals surface area (Å²) < 4.78 is 124. The van der Waals surface area contributed by atoms with Gasteiger partial charge in [-0.25, -0.2) is 26.1 Å². The van der Waals surface area contributed by atoms with Crippen molar-refractivity contribution in [1.29, 1.82) is 0 Å². The molecule has 10 atom stereocenters. The average molecular weight is 1010 g/mol. The van der Waals surface area contributed by atoms with Crippen molar-refractivity contribution in [3.05, 3.63) is 11.9 Å². The number of nitrogens with zero attached hydrogens (tertiary/aromatic N) is 3. The maximum atomic E-state index is 11.9. The molecule has 0 amide bonds. The van der Waals surface area contributed by atoms with E-state index in [1.807, 2.05) is 6.20 Å². The van der Waals surface area contributed by atoms with Gasteiger partial charge in [-0.15, -0.1) is 5.10 Å². The molecule has 0 aromatic carbocycles. The van der Waals surface area contributed by atoms with E-state index in [0.717, 1.165) is 57.7 Å². The van der Waals surface area contributed by atoms with Gasteiger partial charge in [0.1, 0.15) is 6.10 Å². The summed E-state index contributed by atoms with van der Waals surface area (Å²) in [6.07, 6.45) is 8.58. The number of aliphatic hydroxyl groups is 1. The van der Waals surface area contributed by atoms with Crippen molar-refractivity contribution < 1.29 is 116 Å². The lowest BCUT2D eigenvalue weighted by Gasteiger charge is -2.38. The molecule has 10 unspecified atom stereocenters. The number of unbranched alkanes of at least 4 members (excludes halogenated alkanes) is 10. The van der Waals surface area contributed by atoms with Crippen LogP contribution in [0, 0.1) is 0 Å². The van der Waals surface area contributed by atoms with Crippen LogP contribution < -0.4 is 29.4 Å². The number of rotatable bonds is 34. The lowest BCUT2D eigenvalue weighted by atomic mass is 10.1. The highest BCUT2D eigenvalue weighted by Crippen LogP contribution is 2.70. The lowest BCUT2D eigenvalue weighted by molar-refractivity contribution is -0.256. The van der Waals surface area contributed by atoms with Crippen molar-refractivity contribution in [2.24, 2.45) is 0 Å². The number of ether oxygens (including phenoxy) is 1. The summed E-state index contributed by atoms with van der Waals surface area (Å²) in [6.45, 7) is 0.718. The van der Waals surface area contributed by atoms with Crippen LogP contribution in [-0.4, -0.2) is 70.2 Å². The fourth-order valence-corrected chi connectivity index (χ4v) is 13.1. The molecule has 0 saturated carbocycles. The molecule has 0 bridgehead atoms. The van der Waals surface area contributed by atoms with Gasteiger partial charge in [0.05, 0.1) is 37.7 Å². The SMILES string of the molecule is COP(=O)(O)OCCCCc1cn(CCCCCCCCCCCCOP(=O)([O-])OP(=O)([O-])OP(=O)([O-])OP(=O)([O-])OP(=O)([O-])OP(=O)([O-])OCC2OC(C)CC2O)nn1. The van der Waals surface area contributed by atoms with E-state index in [-0.39, 0.29) is 19.4 Å². The molecular formula is C25H48N3O25P7-6. The molecule has 354 valence electrons. The van der Waals surface area contributed by atoms with Crippen LogP contribution in [0.5, 0.6) is 0 Å². The first-order valence-electron chi connectivity index (χ1n) is 18.1. The topological polar surface area (TPSA) is 421 Å². The molecule has 28 nitrogen and oxygen atoms in total. The van der Waals surface area contributed by atoms with E-state index in [1.54, 1.807) is 4.68 Å². The fraction of sp³-hybridized carbons (Fsp3) is 0.920. The van der Waals surface area contributed by atoms with Crippen LogP contribution in [0.1, 0.15) is 96.1 Å². The summed E-state index contributed by atoms with van der Waals surface area (Å²) in [5, 5.41) is 17.9. The first-order chi connectivity index (χ1) is 27.6. The van der Waals surface area contributed by atoms with E-state index >= 15 is 0 Å². The van der Waals surface area contributed by atoms with Crippen LogP contribution in [0.2, 0.25) is 0 Å². The molecule has 1 aromatic heterocycles. The Kier molecular flexibility index (Phi) is 24.0. The third kappa shape index (κ3) is 25.5. The van der Waals surface area contributed by atoms with Crippen molar-refractivity contribution in [3.63, 3.8) is 0 Å². The zero-order chi connectivity index (χ0) is 45.3. The summed E-state index contributed by atoms with van der Waals surface area (Å²) in [7, 11) is -41.5. The molecule has 1 saturated heterocycles. The lowest BCUT2D eigenvalue weighted by Crippen LogP contribution is -2.27. The minimum absolute atomic E-state index is 0.0659. The third-order valence-electron chi connectivity index (χ3n) is 7.74. The second kappa shape index (κ2) is 25.7. The van der Waals surface area contributed by atoms with Crippen LogP contribution in [0.25, 0.3) is 0 Å². The van der Waals surface area contributed by atoms with E-state index in [0.29, 0.717) is 38.6 Å². The number of aromatic nitrogens is 3. The van der Waals surface area contributed by atoms with Gasteiger partial charge in [0, 0.05) is 26.3 Å². The van der Waals surface area contributed by atoms with Crippen molar-refractivity contribution in [2.75, 3.05) is 26.9 Å². The van der Waals surface area contributed by atoms with E-state index in [2.05, 4.69) is 45.4 Å². The summed E-state index contributed by atoms with van der Waals surface area (Å²) in [5.74, 6) is 0. The van der Waals surface area contributed by atoms with Crippen LogP contribution in [0.15, 0.2) is 6.20 Å². The molecule has 1 aliphatic rings. The molecule has 35 heteroatoms. The Bertz CT molecular complexity index is 1800. The van der Waals surface area contributed by atoms with E-state index in [1.165, 1.54) is 6.92 Å². The van der Waals surface area contributed by atoms with E-state index < -0.39 is 86.3 Å². The van der Waals surface area contributed by atoms with E-state index in [4.69, 9.17) is 9.26 Å². The molecule has 0 aliphatic carbocycles. The molecule has 2 rings (SSSR count). The predicted octanol–water partition coefficient (Wildman–Crippen LogP) is 1.73. The second-order valence-electron chi connectivity index (χ2n) is 13.0. The van der Waals surface area contributed by atoms with E-state index in [9.17, 15) is 71.3 Å². The molecule has 2 N–H and O–H groups in total. The second-order valence-corrected chi connectivity index (χ2v) is 23.7. The third-order valence-corrected chi connectivity index (χ3v) is 17.7. The molecule has 1 fully saturated rings. The maximum absolute atomic E-state index is 11.9. The van der Waals surface area contributed by atoms with Gasteiger partial charge in [-0.2, -0.15) is 0 Å². The predicted molar refractivity (Wildman–Crippen MR) is 190 cm³/mol. The number of aliphatic hydroxyl groups excluding tert-OH is 1. The van der Waals surface area contributed by atoms with Gasteiger partial charge in [0.25, 0.3) is 46.9 Å². The number of hydrogen-bond donors (Lipinski definition) is 2. The molecule has 60 heavy (non-hydrogen) atoms. The first-order valence-corrected chi connectivity index (χ1v) is 28.4. The van der Waals surface area contributed by atoms with Crippen molar-refractivity contribution in [2.45, 2.75) is 122 Å². The Hall–Kier alpha value is 0.0300. The van der Waals surface area contributed by atoms with Gasteiger partial charge in [0.15, 0.2) is 0 Å². The highest BCUT2D eigenvalue weighted by molar-refractivity contribution is 7.71. The zero-order valence-corrected chi connectivity index (χ0v) is 38.6. The van der Waals surface area contributed by atoms with Crippen LogP contribution in [0.3, 0.4) is 0 Å².